The number of hydrogen-bond donors (Lipinski definition) is 1. The summed E-state index contributed by atoms with van der Waals surface area (Å²) in [5.74, 6) is -0.0511. The first kappa shape index (κ1) is 20.4. The molecule has 3 aromatic rings. The molecule has 1 aliphatic heterocycles. The Morgan fingerprint density at radius 2 is 2.00 bits per heavy atom. The van der Waals surface area contributed by atoms with Crippen molar-refractivity contribution in [1.82, 2.24) is 29.7 Å². The van der Waals surface area contributed by atoms with Gasteiger partial charge < -0.3 is 4.90 Å². The number of aromatic amines is 1. The van der Waals surface area contributed by atoms with Crippen LogP contribution in [0.5, 0.6) is 0 Å². The predicted octanol–water partition coefficient (Wildman–Crippen LogP) is 4.27. The first-order valence-electron chi connectivity index (χ1n) is 9.96. The molecule has 1 amide bonds. The zero-order chi connectivity index (χ0) is 21.6. The summed E-state index contributed by atoms with van der Waals surface area (Å²) in [6.07, 6.45) is -2.25. The Kier molecular flexibility index (Phi) is 5.03. The molecule has 30 heavy (non-hydrogen) atoms. The minimum absolute atomic E-state index is 0.122. The molecule has 1 aliphatic rings. The van der Waals surface area contributed by atoms with E-state index in [0.29, 0.717) is 24.4 Å². The highest BCUT2D eigenvalue weighted by molar-refractivity contribution is 5.92. The first-order valence-corrected chi connectivity index (χ1v) is 9.96. The Bertz CT molecular complexity index is 1080. The summed E-state index contributed by atoms with van der Waals surface area (Å²) >= 11 is 0. The molecule has 4 heterocycles. The lowest BCUT2D eigenvalue weighted by Crippen LogP contribution is -2.39. The van der Waals surface area contributed by atoms with Crippen LogP contribution in [0.2, 0.25) is 0 Å². The number of piperidine rings is 1. The zero-order valence-electron chi connectivity index (χ0n) is 17.0. The average molecular weight is 420 g/mol. The number of rotatable bonds is 3. The van der Waals surface area contributed by atoms with E-state index in [0.717, 1.165) is 29.1 Å². The lowest BCUT2D eigenvalue weighted by Gasteiger charge is -2.34. The van der Waals surface area contributed by atoms with Gasteiger partial charge in [0.15, 0.2) is 5.65 Å². The third kappa shape index (κ3) is 3.66. The highest BCUT2D eigenvalue weighted by Crippen LogP contribution is 2.34. The molecule has 160 valence electrons. The molecule has 1 saturated heterocycles. The Hall–Kier alpha value is -2.91. The molecule has 1 atom stereocenters. The van der Waals surface area contributed by atoms with Crippen molar-refractivity contribution >= 4 is 11.6 Å². The number of H-pyrrole nitrogens is 1. The summed E-state index contributed by atoms with van der Waals surface area (Å²) in [6, 6.07) is 3.83. The normalized spacial score (nSPS) is 17.8. The summed E-state index contributed by atoms with van der Waals surface area (Å²) in [7, 11) is 0. The Balaban J connectivity index is 1.72. The summed E-state index contributed by atoms with van der Waals surface area (Å²) < 4.78 is 41.3. The van der Waals surface area contributed by atoms with Gasteiger partial charge in [0.2, 0.25) is 0 Å². The number of nitrogens with one attached hydrogen (secondary N) is 1. The van der Waals surface area contributed by atoms with Crippen LogP contribution in [0.1, 0.15) is 78.3 Å². The largest absolute Gasteiger partial charge is 0.433 e. The van der Waals surface area contributed by atoms with Crippen LogP contribution >= 0.6 is 0 Å². The smallest absolute Gasteiger partial charge is 0.329 e. The fraction of sp³-hybridized carbons (Fsp3) is 0.500. The Morgan fingerprint density at radius 1 is 1.23 bits per heavy atom. The number of carbonyl (C=O) groups is 1. The SMILES string of the molecule is Cc1cc(C(F)(F)F)n2nc([C@@H]3CCCCN3C(=O)c3cc(C(C)C)[nH]n3)cc2n1. The number of amides is 1. The maximum Gasteiger partial charge on any atom is 0.433 e. The van der Waals surface area contributed by atoms with Gasteiger partial charge in [-0.05, 0) is 44.2 Å². The van der Waals surface area contributed by atoms with Crippen LogP contribution in [0.25, 0.3) is 5.65 Å². The molecule has 0 aromatic carbocycles. The van der Waals surface area contributed by atoms with Gasteiger partial charge >= 0.3 is 6.18 Å². The second-order valence-electron chi connectivity index (χ2n) is 7.99. The molecular weight excluding hydrogens is 397 g/mol. The van der Waals surface area contributed by atoms with E-state index in [-0.39, 0.29) is 23.2 Å². The topological polar surface area (TPSA) is 79.2 Å². The van der Waals surface area contributed by atoms with Crippen molar-refractivity contribution in [3.05, 3.63) is 46.7 Å². The van der Waals surface area contributed by atoms with E-state index in [1.165, 1.54) is 6.92 Å². The molecule has 1 N–H and O–H groups in total. The van der Waals surface area contributed by atoms with Crippen LogP contribution < -0.4 is 0 Å². The predicted molar refractivity (Wildman–Crippen MR) is 103 cm³/mol. The quantitative estimate of drug-likeness (QED) is 0.686. The van der Waals surface area contributed by atoms with E-state index in [1.54, 1.807) is 17.0 Å². The lowest BCUT2D eigenvalue weighted by atomic mass is 9.99. The highest BCUT2D eigenvalue weighted by Gasteiger charge is 2.36. The number of aromatic nitrogens is 5. The van der Waals surface area contributed by atoms with Crippen LogP contribution in [0, 0.1) is 6.92 Å². The molecule has 0 bridgehead atoms. The van der Waals surface area contributed by atoms with Gasteiger partial charge in [-0.2, -0.15) is 23.4 Å². The average Bonchev–Trinajstić information content (AvgIpc) is 3.33. The second kappa shape index (κ2) is 7.41. The van der Waals surface area contributed by atoms with Gasteiger partial charge in [-0.15, -0.1) is 0 Å². The van der Waals surface area contributed by atoms with Gasteiger partial charge in [0.1, 0.15) is 11.4 Å². The van der Waals surface area contributed by atoms with Gasteiger partial charge in [0, 0.05) is 24.0 Å². The van der Waals surface area contributed by atoms with E-state index in [2.05, 4.69) is 20.3 Å². The van der Waals surface area contributed by atoms with Crippen molar-refractivity contribution in [2.24, 2.45) is 0 Å². The third-order valence-corrected chi connectivity index (χ3v) is 5.41. The molecule has 0 aliphatic carbocycles. The lowest BCUT2D eigenvalue weighted by molar-refractivity contribution is -0.142. The van der Waals surface area contributed by atoms with Crippen molar-refractivity contribution in [1.29, 1.82) is 0 Å². The highest BCUT2D eigenvalue weighted by atomic mass is 19.4. The van der Waals surface area contributed by atoms with Crippen molar-refractivity contribution in [3.63, 3.8) is 0 Å². The fourth-order valence-electron chi connectivity index (χ4n) is 3.85. The Morgan fingerprint density at radius 3 is 2.67 bits per heavy atom. The van der Waals surface area contributed by atoms with Crippen LogP contribution in [0.15, 0.2) is 18.2 Å². The van der Waals surface area contributed by atoms with Crippen LogP contribution in [0.3, 0.4) is 0 Å². The number of halogens is 3. The van der Waals surface area contributed by atoms with Crippen LogP contribution in [-0.4, -0.2) is 42.1 Å². The minimum Gasteiger partial charge on any atom is -0.329 e. The number of hydrogen-bond acceptors (Lipinski definition) is 4. The van der Waals surface area contributed by atoms with Crippen LogP contribution in [0.4, 0.5) is 13.2 Å². The second-order valence-corrected chi connectivity index (χ2v) is 7.99. The van der Waals surface area contributed by atoms with Crippen molar-refractivity contribution < 1.29 is 18.0 Å². The van der Waals surface area contributed by atoms with Gasteiger partial charge in [-0.3, -0.25) is 9.89 Å². The van der Waals surface area contributed by atoms with E-state index in [9.17, 15) is 18.0 Å². The van der Waals surface area contributed by atoms with Gasteiger partial charge in [-0.25, -0.2) is 9.50 Å². The molecule has 0 spiro atoms. The number of carbonyl (C=O) groups excluding carboxylic acids is 1. The standard InChI is InChI=1S/C20H23F3N6O/c1-11(2)13-9-15(26-25-13)19(30)28-7-5-4-6-16(28)14-10-18-24-12(3)8-17(20(21,22)23)29(18)27-14/h8-11,16H,4-7H2,1-3H3,(H,25,26)/t16-/m0/s1. The molecule has 10 heteroatoms. The number of likely N-dealkylation sites (tertiary alicyclic amines) is 1. The van der Waals surface area contributed by atoms with E-state index >= 15 is 0 Å². The number of nitrogens with zero attached hydrogens (tertiary/aromatic N) is 5. The third-order valence-electron chi connectivity index (χ3n) is 5.41. The monoisotopic (exact) mass is 420 g/mol. The maximum atomic E-state index is 13.5. The van der Waals surface area contributed by atoms with Gasteiger partial charge in [0.25, 0.3) is 5.91 Å². The summed E-state index contributed by atoms with van der Waals surface area (Å²) in [5, 5.41) is 11.2. The molecule has 0 radical (unpaired) electrons. The number of alkyl halides is 3. The molecule has 1 fully saturated rings. The van der Waals surface area contributed by atoms with Crippen molar-refractivity contribution in [3.8, 4) is 0 Å². The van der Waals surface area contributed by atoms with E-state index in [1.807, 2.05) is 13.8 Å². The molecule has 4 rings (SSSR count). The minimum atomic E-state index is -4.56. The van der Waals surface area contributed by atoms with Gasteiger partial charge in [0.05, 0.1) is 11.7 Å². The van der Waals surface area contributed by atoms with E-state index in [4.69, 9.17) is 0 Å². The summed E-state index contributed by atoms with van der Waals surface area (Å²) in [6.45, 7) is 6.01. The molecular formula is C20H23F3N6O. The molecule has 3 aromatic heterocycles. The Labute approximate surface area is 171 Å². The molecule has 0 unspecified atom stereocenters. The van der Waals surface area contributed by atoms with E-state index < -0.39 is 17.9 Å². The molecule has 0 saturated carbocycles. The summed E-state index contributed by atoms with van der Waals surface area (Å²) in [5.41, 5.74) is 1.08. The van der Waals surface area contributed by atoms with Crippen LogP contribution in [-0.2, 0) is 6.18 Å². The first-order chi connectivity index (χ1) is 14.1. The fourth-order valence-corrected chi connectivity index (χ4v) is 3.85. The number of aryl methyl sites for hydroxylation is 1. The van der Waals surface area contributed by atoms with Crippen molar-refractivity contribution in [2.75, 3.05) is 6.54 Å². The van der Waals surface area contributed by atoms with Crippen molar-refractivity contribution in [2.45, 2.75) is 58.2 Å². The molecule has 7 nitrogen and oxygen atoms in total. The zero-order valence-corrected chi connectivity index (χ0v) is 17.0. The van der Waals surface area contributed by atoms with Gasteiger partial charge in [-0.1, -0.05) is 13.8 Å². The maximum absolute atomic E-state index is 13.5. The number of fused-ring (bicyclic) bond motifs is 1. The summed E-state index contributed by atoms with van der Waals surface area (Å²) in [4.78, 5) is 19.0.